The highest BCUT2D eigenvalue weighted by Crippen LogP contribution is 2.25. The number of aryl methyl sites for hydroxylation is 1. The van der Waals surface area contributed by atoms with Gasteiger partial charge >= 0.3 is 0 Å². The predicted octanol–water partition coefficient (Wildman–Crippen LogP) is 5.17. The zero-order valence-corrected chi connectivity index (χ0v) is 20.9. The molecule has 7 nitrogen and oxygen atoms in total. The van der Waals surface area contributed by atoms with E-state index in [9.17, 15) is 9.59 Å². The van der Waals surface area contributed by atoms with Crippen molar-refractivity contribution in [1.82, 2.24) is 14.5 Å². The molecule has 3 heterocycles. The molecule has 2 amide bonds. The van der Waals surface area contributed by atoms with Crippen LogP contribution in [0, 0.1) is 6.92 Å². The van der Waals surface area contributed by atoms with Gasteiger partial charge in [0.2, 0.25) is 11.9 Å². The lowest BCUT2D eigenvalue weighted by Crippen LogP contribution is -2.42. The minimum absolute atomic E-state index is 0.0547. The molecule has 2 aromatic carbocycles. The highest BCUT2D eigenvalue weighted by molar-refractivity contribution is 7.12. The highest BCUT2D eigenvalue weighted by atomic mass is 32.1. The predicted molar refractivity (Wildman–Crippen MR) is 142 cm³/mol. The van der Waals surface area contributed by atoms with Crippen LogP contribution in [0.1, 0.15) is 28.1 Å². The van der Waals surface area contributed by atoms with Crippen LogP contribution < -0.4 is 5.32 Å². The van der Waals surface area contributed by atoms with E-state index < -0.39 is 0 Å². The van der Waals surface area contributed by atoms with E-state index in [0.717, 1.165) is 35.3 Å². The number of hydrogen-bond acceptors (Lipinski definition) is 5. The molecule has 0 bridgehead atoms. The molecule has 2 aromatic heterocycles. The quantitative estimate of drug-likeness (QED) is 0.362. The topological polar surface area (TPSA) is 76.5 Å². The second-order valence-electron chi connectivity index (χ2n) is 8.87. The molecule has 1 atom stereocenters. The van der Waals surface area contributed by atoms with Crippen molar-refractivity contribution in [2.24, 2.45) is 0 Å². The number of carbonyl (C=O) groups excluding carboxylic acids is 2. The standard InChI is InChI=1S/C28H28N4O3S/c1-20-11-13-22(14-12-20)32-18-24(21-7-3-2-4-8-21)29-28(32)30-26(33)19-31(17-23-9-5-15-35-23)27(34)25-10-6-16-36-25/h2-4,6-8,10-14,16,18,23H,5,9,15,17,19H2,1H3,(H,29,30,33)/t23-/m0/s1. The Morgan fingerprint density at radius 3 is 2.61 bits per heavy atom. The number of ether oxygens (including phenoxy) is 1. The minimum atomic E-state index is -0.309. The molecule has 1 N–H and O–H groups in total. The number of amides is 2. The number of rotatable bonds is 8. The van der Waals surface area contributed by atoms with E-state index in [2.05, 4.69) is 5.32 Å². The van der Waals surface area contributed by atoms with Crippen LogP contribution in [-0.4, -0.2) is 52.1 Å². The Bertz CT molecular complexity index is 1310. The lowest BCUT2D eigenvalue weighted by atomic mass is 10.2. The lowest BCUT2D eigenvalue weighted by molar-refractivity contribution is -0.117. The fourth-order valence-corrected chi connectivity index (χ4v) is 4.96. The molecule has 1 aliphatic heterocycles. The van der Waals surface area contributed by atoms with Crippen LogP contribution in [0.2, 0.25) is 0 Å². The Kier molecular flexibility index (Phi) is 7.25. The maximum Gasteiger partial charge on any atom is 0.264 e. The van der Waals surface area contributed by atoms with Crippen molar-refractivity contribution in [1.29, 1.82) is 0 Å². The largest absolute Gasteiger partial charge is 0.376 e. The Labute approximate surface area is 214 Å². The summed E-state index contributed by atoms with van der Waals surface area (Å²) in [5.74, 6) is -0.0673. The summed E-state index contributed by atoms with van der Waals surface area (Å²) in [6.07, 6.45) is 3.71. The van der Waals surface area contributed by atoms with Crippen molar-refractivity contribution < 1.29 is 14.3 Å². The number of thiophene rings is 1. The first-order chi connectivity index (χ1) is 17.6. The van der Waals surface area contributed by atoms with Crippen molar-refractivity contribution >= 4 is 29.1 Å². The molecule has 0 unspecified atom stereocenters. The molecule has 1 aliphatic rings. The van der Waals surface area contributed by atoms with Crippen molar-refractivity contribution in [3.63, 3.8) is 0 Å². The normalized spacial score (nSPS) is 15.1. The van der Waals surface area contributed by atoms with E-state index in [4.69, 9.17) is 9.72 Å². The molecular weight excluding hydrogens is 472 g/mol. The van der Waals surface area contributed by atoms with Gasteiger partial charge in [-0.05, 0) is 43.3 Å². The van der Waals surface area contributed by atoms with Crippen LogP contribution in [0.5, 0.6) is 0 Å². The summed E-state index contributed by atoms with van der Waals surface area (Å²) in [7, 11) is 0. The molecule has 0 aliphatic carbocycles. The number of benzene rings is 2. The van der Waals surface area contributed by atoms with Crippen molar-refractivity contribution in [2.45, 2.75) is 25.9 Å². The summed E-state index contributed by atoms with van der Waals surface area (Å²) >= 11 is 1.37. The van der Waals surface area contributed by atoms with Gasteiger partial charge in [-0.1, -0.05) is 54.1 Å². The number of anilines is 1. The number of aromatic nitrogens is 2. The van der Waals surface area contributed by atoms with E-state index in [1.807, 2.05) is 83.7 Å². The summed E-state index contributed by atoms with van der Waals surface area (Å²) in [5, 5.41) is 4.81. The number of nitrogens with one attached hydrogen (secondary N) is 1. The number of carbonyl (C=O) groups is 2. The van der Waals surface area contributed by atoms with Gasteiger partial charge in [0.25, 0.3) is 5.91 Å². The molecule has 1 saturated heterocycles. The molecule has 0 saturated carbocycles. The molecule has 5 rings (SSSR count). The van der Waals surface area contributed by atoms with Crippen LogP contribution >= 0.6 is 11.3 Å². The van der Waals surface area contributed by atoms with Gasteiger partial charge in [0.05, 0.1) is 16.7 Å². The van der Waals surface area contributed by atoms with E-state index >= 15 is 0 Å². The average Bonchev–Trinajstić information content (AvgIpc) is 3.67. The van der Waals surface area contributed by atoms with E-state index in [1.165, 1.54) is 11.3 Å². The van der Waals surface area contributed by atoms with E-state index in [0.29, 0.717) is 24.0 Å². The third-order valence-corrected chi connectivity index (χ3v) is 7.00. The molecule has 0 radical (unpaired) electrons. The van der Waals surface area contributed by atoms with Gasteiger partial charge < -0.3 is 9.64 Å². The average molecular weight is 501 g/mol. The van der Waals surface area contributed by atoms with Gasteiger partial charge in [-0.15, -0.1) is 11.3 Å². The Morgan fingerprint density at radius 2 is 1.92 bits per heavy atom. The molecule has 184 valence electrons. The Balaban J connectivity index is 1.40. The summed E-state index contributed by atoms with van der Waals surface area (Å²) in [6.45, 7) is 3.01. The second kappa shape index (κ2) is 10.9. The molecular formula is C28H28N4O3S. The van der Waals surface area contributed by atoms with Crippen LogP contribution in [0.4, 0.5) is 5.95 Å². The summed E-state index contributed by atoms with van der Waals surface area (Å²) in [5.41, 5.74) is 3.73. The highest BCUT2D eigenvalue weighted by Gasteiger charge is 2.26. The zero-order valence-electron chi connectivity index (χ0n) is 20.1. The maximum atomic E-state index is 13.3. The zero-order chi connectivity index (χ0) is 24.9. The monoisotopic (exact) mass is 500 g/mol. The van der Waals surface area contributed by atoms with Gasteiger partial charge in [-0.2, -0.15) is 0 Å². The van der Waals surface area contributed by atoms with Gasteiger partial charge in [0.1, 0.15) is 6.54 Å². The van der Waals surface area contributed by atoms with Gasteiger partial charge in [0, 0.05) is 30.6 Å². The van der Waals surface area contributed by atoms with Gasteiger partial charge in [0.15, 0.2) is 0 Å². The first-order valence-electron chi connectivity index (χ1n) is 12.0. The van der Waals surface area contributed by atoms with Crippen LogP contribution in [0.25, 0.3) is 16.9 Å². The molecule has 4 aromatic rings. The molecule has 36 heavy (non-hydrogen) atoms. The van der Waals surface area contributed by atoms with Crippen LogP contribution in [0.3, 0.4) is 0 Å². The van der Waals surface area contributed by atoms with Gasteiger partial charge in [-0.3, -0.25) is 19.5 Å². The smallest absolute Gasteiger partial charge is 0.264 e. The number of imidazole rings is 1. The van der Waals surface area contributed by atoms with Crippen LogP contribution in [-0.2, 0) is 9.53 Å². The Hall–Kier alpha value is -3.75. The number of nitrogens with zero attached hydrogens (tertiary/aromatic N) is 3. The Morgan fingerprint density at radius 1 is 1.11 bits per heavy atom. The molecule has 1 fully saturated rings. The summed E-state index contributed by atoms with van der Waals surface area (Å²) in [4.78, 5) is 33.3. The third kappa shape index (κ3) is 5.56. The number of hydrogen-bond donors (Lipinski definition) is 1. The minimum Gasteiger partial charge on any atom is -0.376 e. The van der Waals surface area contributed by atoms with E-state index in [1.54, 1.807) is 11.0 Å². The summed E-state index contributed by atoms with van der Waals surface area (Å²) in [6, 6.07) is 21.5. The third-order valence-electron chi connectivity index (χ3n) is 6.14. The SMILES string of the molecule is Cc1ccc(-n2cc(-c3ccccc3)nc2NC(=O)CN(C[C@@H]2CCCO2)C(=O)c2cccs2)cc1. The molecule has 8 heteroatoms. The second-order valence-corrected chi connectivity index (χ2v) is 9.82. The van der Waals surface area contributed by atoms with Crippen molar-refractivity contribution in [2.75, 3.05) is 25.0 Å². The lowest BCUT2D eigenvalue weighted by Gasteiger charge is -2.24. The van der Waals surface area contributed by atoms with Crippen molar-refractivity contribution in [3.05, 3.63) is 88.7 Å². The van der Waals surface area contributed by atoms with E-state index in [-0.39, 0.29) is 24.5 Å². The maximum absolute atomic E-state index is 13.3. The molecule has 0 spiro atoms. The fourth-order valence-electron chi connectivity index (χ4n) is 4.27. The van der Waals surface area contributed by atoms with Gasteiger partial charge in [-0.25, -0.2) is 4.98 Å². The van der Waals surface area contributed by atoms with Crippen molar-refractivity contribution in [3.8, 4) is 16.9 Å². The summed E-state index contributed by atoms with van der Waals surface area (Å²) < 4.78 is 7.62. The fraction of sp³-hybridized carbons (Fsp3) is 0.250. The first-order valence-corrected chi connectivity index (χ1v) is 12.9. The first kappa shape index (κ1) is 24.0. The van der Waals surface area contributed by atoms with Crippen LogP contribution in [0.15, 0.2) is 78.3 Å².